The number of hydrogen-bond acceptors (Lipinski definition) is 2. The Labute approximate surface area is 136 Å². The highest BCUT2D eigenvalue weighted by Gasteiger charge is 2.31. The topological polar surface area (TPSA) is 24.5 Å². The first-order chi connectivity index (χ1) is 10.8. The minimum Gasteiger partial charge on any atom is -0.370 e. The quantitative estimate of drug-likeness (QED) is 0.852. The van der Waals surface area contributed by atoms with Gasteiger partial charge in [-0.05, 0) is 36.8 Å². The molecule has 0 saturated carbocycles. The average molecular weight is 312 g/mol. The Bertz CT molecular complexity index is 617. The van der Waals surface area contributed by atoms with Crippen molar-refractivity contribution in [2.75, 3.05) is 18.5 Å². The standard InChI is InChI=1S/C18H20N2OS/c1-14-17(15-8-4-2-5-9-15)21-13-12-20(14)18(22)19-16-10-6-3-7-11-16/h2-11,14,17H,12-13H2,1H3,(H,19,22)/t14-,17-/m0/s1. The molecule has 1 saturated heterocycles. The molecule has 0 aromatic heterocycles. The van der Waals surface area contributed by atoms with E-state index in [2.05, 4.69) is 29.3 Å². The third-order valence-electron chi connectivity index (χ3n) is 3.97. The Hall–Kier alpha value is -1.91. The number of thiocarbonyl (C=S) groups is 1. The molecule has 0 radical (unpaired) electrons. The van der Waals surface area contributed by atoms with Gasteiger partial charge in [-0.2, -0.15) is 0 Å². The molecule has 3 nitrogen and oxygen atoms in total. The van der Waals surface area contributed by atoms with Gasteiger partial charge in [0, 0.05) is 12.2 Å². The van der Waals surface area contributed by atoms with Crippen LogP contribution in [0.25, 0.3) is 0 Å². The van der Waals surface area contributed by atoms with Crippen LogP contribution in [0.15, 0.2) is 60.7 Å². The van der Waals surface area contributed by atoms with Crippen molar-refractivity contribution in [3.05, 3.63) is 66.2 Å². The molecular weight excluding hydrogens is 292 g/mol. The molecule has 4 heteroatoms. The molecule has 2 atom stereocenters. The summed E-state index contributed by atoms with van der Waals surface area (Å²) in [5, 5.41) is 4.07. The van der Waals surface area contributed by atoms with E-state index in [1.165, 1.54) is 5.56 Å². The summed E-state index contributed by atoms with van der Waals surface area (Å²) in [5.41, 5.74) is 2.21. The van der Waals surface area contributed by atoms with Gasteiger partial charge in [-0.25, -0.2) is 0 Å². The van der Waals surface area contributed by atoms with E-state index in [1.807, 2.05) is 48.5 Å². The number of rotatable bonds is 2. The van der Waals surface area contributed by atoms with Crippen LogP contribution in [0.1, 0.15) is 18.6 Å². The zero-order chi connectivity index (χ0) is 15.4. The SMILES string of the molecule is C[C@H]1[C@@H](c2ccccc2)OCCN1C(=S)Nc1ccccc1. The highest BCUT2D eigenvalue weighted by molar-refractivity contribution is 7.80. The number of anilines is 1. The van der Waals surface area contributed by atoms with Gasteiger partial charge in [-0.1, -0.05) is 48.5 Å². The van der Waals surface area contributed by atoms with E-state index < -0.39 is 0 Å². The van der Waals surface area contributed by atoms with Gasteiger partial charge in [0.1, 0.15) is 6.10 Å². The molecule has 1 aliphatic rings. The minimum absolute atomic E-state index is 0.0467. The van der Waals surface area contributed by atoms with E-state index in [9.17, 15) is 0 Å². The molecule has 114 valence electrons. The molecule has 3 rings (SSSR count). The van der Waals surface area contributed by atoms with Crippen molar-refractivity contribution in [1.82, 2.24) is 4.90 Å². The Morgan fingerprint density at radius 3 is 2.41 bits per heavy atom. The van der Waals surface area contributed by atoms with Gasteiger partial charge in [0.15, 0.2) is 5.11 Å². The molecule has 1 fully saturated rings. The Morgan fingerprint density at radius 1 is 1.09 bits per heavy atom. The lowest BCUT2D eigenvalue weighted by Gasteiger charge is -2.41. The van der Waals surface area contributed by atoms with E-state index in [0.29, 0.717) is 6.61 Å². The van der Waals surface area contributed by atoms with Gasteiger partial charge in [0.25, 0.3) is 0 Å². The molecule has 1 heterocycles. The van der Waals surface area contributed by atoms with Gasteiger partial charge in [-0.15, -0.1) is 0 Å². The van der Waals surface area contributed by atoms with Gasteiger partial charge >= 0.3 is 0 Å². The van der Waals surface area contributed by atoms with Crippen molar-refractivity contribution < 1.29 is 4.74 Å². The van der Waals surface area contributed by atoms with Crippen LogP contribution in [0.5, 0.6) is 0 Å². The monoisotopic (exact) mass is 312 g/mol. The van der Waals surface area contributed by atoms with Crippen molar-refractivity contribution in [3.8, 4) is 0 Å². The van der Waals surface area contributed by atoms with Crippen LogP contribution in [0.3, 0.4) is 0 Å². The summed E-state index contributed by atoms with van der Waals surface area (Å²) in [4.78, 5) is 2.21. The van der Waals surface area contributed by atoms with Crippen molar-refractivity contribution in [2.45, 2.75) is 19.1 Å². The first-order valence-electron chi connectivity index (χ1n) is 7.55. The number of nitrogens with one attached hydrogen (secondary N) is 1. The van der Waals surface area contributed by atoms with Crippen molar-refractivity contribution in [2.24, 2.45) is 0 Å². The molecule has 22 heavy (non-hydrogen) atoms. The van der Waals surface area contributed by atoms with Gasteiger partial charge in [0.2, 0.25) is 0 Å². The highest BCUT2D eigenvalue weighted by atomic mass is 32.1. The van der Waals surface area contributed by atoms with Crippen LogP contribution < -0.4 is 5.32 Å². The summed E-state index contributed by atoms with van der Waals surface area (Å²) in [6, 6.07) is 20.6. The zero-order valence-corrected chi connectivity index (χ0v) is 13.4. The second-order valence-corrected chi connectivity index (χ2v) is 5.82. The second kappa shape index (κ2) is 6.90. The number of morpholine rings is 1. The number of benzene rings is 2. The summed E-state index contributed by atoms with van der Waals surface area (Å²) < 4.78 is 5.98. The van der Waals surface area contributed by atoms with Crippen molar-refractivity contribution in [1.29, 1.82) is 0 Å². The predicted octanol–water partition coefficient (Wildman–Crippen LogP) is 3.85. The number of para-hydroxylation sites is 1. The van der Waals surface area contributed by atoms with Crippen LogP contribution in [-0.2, 0) is 4.74 Å². The molecule has 0 bridgehead atoms. The van der Waals surface area contributed by atoms with Crippen LogP contribution in [0.4, 0.5) is 5.69 Å². The van der Waals surface area contributed by atoms with E-state index in [1.54, 1.807) is 0 Å². The number of ether oxygens (including phenoxy) is 1. The van der Waals surface area contributed by atoms with Crippen LogP contribution in [-0.4, -0.2) is 29.2 Å². The van der Waals surface area contributed by atoms with E-state index in [4.69, 9.17) is 17.0 Å². The molecule has 0 aliphatic carbocycles. The smallest absolute Gasteiger partial charge is 0.173 e. The Balaban J connectivity index is 1.72. The summed E-state index contributed by atoms with van der Waals surface area (Å²) in [6.45, 7) is 3.65. The van der Waals surface area contributed by atoms with E-state index in [-0.39, 0.29) is 12.1 Å². The molecule has 2 aromatic carbocycles. The second-order valence-electron chi connectivity index (χ2n) is 5.43. The fourth-order valence-electron chi connectivity index (χ4n) is 2.81. The molecule has 2 aromatic rings. The maximum absolute atomic E-state index is 5.98. The number of nitrogens with zero attached hydrogens (tertiary/aromatic N) is 1. The summed E-state index contributed by atoms with van der Waals surface area (Å²) >= 11 is 5.60. The predicted molar refractivity (Wildman–Crippen MR) is 94.0 cm³/mol. The zero-order valence-electron chi connectivity index (χ0n) is 12.6. The fraction of sp³-hybridized carbons (Fsp3) is 0.278. The van der Waals surface area contributed by atoms with Gasteiger partial charge < -0.3 is 15.0 Å². The van der Waals surface area contributed by atoms with E-state index in [0.717, 1.165) is 17.3 Å². The first kappa shape index (κ1) is 15.0. The summed E-state index contributed by atoms with van der Waals surface area (Å²) in [5.74, 6) is 0. The van der Waals surface area contributed by atoms with Gasteiger partial charge in [0.05, 0.1) is 12.6 Å². The highest BCUT2D eigenvalue weighted by Crippen LogP contribution is 2.28. The number of hydrogen-bond donors (Lipinski definition) is 1. The van der Waals surface area contributed by atoms with E-state index >= 15 is 0 Å². The maximum atomic E-state index is 5.98. The first-order valence-corrected chi connectivity index (χ1v) is 7.96. The molecule has 1 N–H and O–H groups in total. The van der Waals surface area contributed by atoms with Crippen LogP contribution >= 0.6 is 12.2 Å². The molecule has 1 aliphatic heterocycles. The minimum atomic E-state index is 0.0467. The lowest BCUT2D eigenvalue weighted by molar-refractivity contribution is -0.0404. The Morgan fingerprint density at radius 2 is 1.73 bits per heavy atom. The molecule has 0 unspecified atom stereocenters. The van der Waals surface area contributed by atoms with Crippen molar-refractivity contribution >= 4 is 23.0 Å². The maximum Gasteiger partial charge on any atom is 0.173 e. The third kappa shape index (κ3) is 3.29. The normalized spacial score (nSPS) is 21.4. The largest absolute Gasteiger partial charge is 0.370 e. The van der Waals surface area contributed by atoms with Crippen LogP contribution in [0.2, 0.25) is 0 Å². The molecule has 0 amide bonds. The Kier molecular flexibility index (Phi) is 4.71. The lowest BCUT2D eigenvalue weighted by atomic mass is 10.0. The van der Waals surface area contributed by atoms with Crippen molar-refractivity contribution in [3.63, 3.8) is 0 Å². The summed E-state index contributed by atoms with van der Waals surface area (Å²) in [6.07, 6.45) is 0.0467. The van der Waals surface area contributed by atoms with Crippen LogP contribution in [0, 0.1) is 0 Å². The summed E-state index contributed by atoms with van der Waals surface area (Å²) in [7, 11) is 0. The molecule has 0 spiro atoms. The molecular formula is C18H20N2OS. The fourth-order valence-corrected chi connectivity index (χ4v) is 3.18. The third-order valence-corrected chi connectivity index (χ3v) is 4.31. The average Bonchev–Trinajstić information content (AvgIpc) is 2.56. The lowest BCUT2D eigenvalue weighted by Crippen LogP contribution is -2.50. The van der Waals surface area contributed by atoms with Gasteiger partial charge in [-0.3, -0.25) is 0 Å².